The van der Waals surface area contributed by atoms with Gasteiger partial charge in [0, 0.05) is 23.7 Å². The number of aromatic nitrogens is 2. The van der Waals surface area contributed by atoms with Gasteiger partial charge in [0.1, 0.15) is 17.6 Å². The summed E-state index contributed by atoms with van der Waals surface area (Å²) in [5, 5.41) is 16.9. The molecule has 2 N–H and O–H groups in total. The third-order valence-corrected chi connectivity index (χ3v) is 4.23. The molecule has 1 fully saturated rings. The van der Waals surface area contributed by atoms with Crippen molar-refractivity contribution in [1.82, 2.24) is 15.1 Å². The Balaban J connectivity index is 1.84. The normalized spacial score (nSPS) is 15.5. The Bertz CT molecular complexity index is 742. The first kappa shape index (κ1) is 16.4. The second kappa shape index (κ2) is 6.60. The topological polar surface area (TPSA) is 78.5 Å². The lowest BCUT2D eigenvalue weighted by atomic mass is 10.0. The highest BCUT2D eigenvalue weighted by atomic mass is 19.1. The molecule has 1 aromatic heterocycles. The minimum atomic E-state index is -1.07. The Hall–Kier alpha value is -2.41. The summed E-state index contributed by atoms with van der Waals surface area (Å²) in [6, 6.07) is 4.84. The van der Waals surface area contributed by atoms with Crippen LogP contribution < -0.4 is 4.74 Å². The molecule has 128 valence electrons. The van der Waals surface area contributed by atoms with Crippen LogP contribution in [0.3, 0.4) is 0 Å². The average Bonchev–Trinajstić information content (AvgIpc) is 3.28. The quantitative estimate of drug-likeness (QED) is 0.814. The number of ether oxygens (including phenoxy) is 1. The molecule has 3 rings (SSSR count). The number of aliphatic carboxylic acids is 1. The predicted molar refractivity (Wildman–Crippen MR) is 85.4 cm³/mol. The highest BCUT2D eigenvalue weighted by Crippen LogP contribution is 2.39. The monoisotopic (exact) mass is 333 g/mol. The maximum atomic E-state index is 13.6. The maximum Gasteiger partial charge on any atom is 0.325 e. The zero-order chi connectivity index (χ0) is 17.3. The van der Waals surface area contributed by atoms with E-state index in [2.05, 4.69) is 10.2 Å². The molecular weight excluding hydrogens is 313 g/mol. The number of likely N-dealkylation sites (N-methyl/N-ethyl adjacent to an activating group) is 1. The Labute approximate surface area is 139 Å². The predicted octanol–water partition coefficient (Wildman–Crippen LogP) is 2.69. The van der Waals surface area contributed by atoms with Crippen LogP contribution in [-0.4, -0.2) is 40.3 Å². The van der Waals surface area contributed by atoms with Gasteiger partial charge in [-0.1, -0.05) is 0 Å². The van der Waals surface area contributed by atoms with E-state index in [1.807, 2.05) is 6.07 Å². The smallest absolute Gasteiger partial charge is 0.325 e. The van der Waals surface area contributed by atoms with Gasteiger partial charge >= 0.3 is 5.97 Å². The van der Waals surface area contributed by atoms with E-state index in [1.165, 1.54) is 25.3 Å². The average molecular weight is 333 g/mol. The van der Waals surface area contributed by atoms with Crippen molar-refractivity contribution in [2.24, 2.45) is 0 Å². The first-order valence-corrected chi connectivity index (χ1v) is 7.80. The van der Waals surface area contributed by atoms with Gasteiger partial charge in [0.25, 0.3) is 0 Å². The van der Waals surface area contributed by atoms with Gasteiger partial charge in [-0.05, 0) is 44.2 Å². The van der Waals surface area contributed by atoms with E-state index in [9.17, 15) is 14.3 Å². The minimum absolute atomic E-state index is 0.287. The largest absolute Gasteiger partial charge is 0.496 e. The molecule has 0 radical (unpaired) electrons. The van der Waals surface area contributed by atoms with Crippen molar-refractivity contribution in [3.8, 4) is 5.75 Å². The molecule has 0 bridgehead atoms. The van der Waals surface area contributed by atoms with Crippen molar-refractivity contribution >= 4 is 5.97 Å². The van der Waals surface area contributed by atoms with Gasteiger partial charge in [-0.2, -0.15) is 5.10 Å². The summed E-state index contributed by atoms with van der Waals surface area (Å²) >= 11 is 0. The summed E-state index contributed by atoms with van der Waals surface area (Å²) in [5.74, 6) is -0.691. The van der Waals surface area contributed by atoms with Crippen molar-refractivity contribution in [2.75, 3.05) is 14.2 Å². The van der Waals surface area contributed by atoms with Gasteiger partial charge in [-0.3, -0.25) is 14.8 Å². The van der Waals surface area contributed by atoms with Crippen LogP contribution in [-0.2, 0) is 11.3 Å². The molecule has 0 aliphatic heterocycles. The number of methoxy groups -OCH3 is 1. The second-order valence-corrected chi connectivity index (χ2v) is 6.13. The van der Waals surface area contributed by atoms with Crippen LogP contribution in [0.25, 0.3) is 0 Å². The number of carboxylic acid groups (broad SMARTS) is 1. The molecule has 6 nitrogen and oxygen atoms in total. The van der Waals surface area contributed by atoms with Gasteiger partial charge in [0.05, 0.1) is 12.8 Å². The number of nitrogens with zero attached hydrogens (tertiary/aromatic N) is 2. The van der Waals surface area contributed by atoms with E-state index in [1.54, 1.807) is 11.9 Å². The lowest BCUT2D eigenvalue weighted by Gasteiger charge is -2.25. The molecular formula is C17H20FN3O3. The number of halogens is 1. The number of hydrogen-bond acceptors (Lipinski definition) is 4. The summed E-state index contributed by atoms with van der Waals surface area (Å²) in [6.07, 6.45) is 2.30. The molecule has 0 amide bonds. The lowest BCUT2D eigenvalue weighted by Crippen LogP contribution is -2.31. The maximum absolute atomic E-state index is 13.6. The summed E-state index contributed by atoms with van der Waals surface area (Å²) in [7, 11) is 3.12. The molecule has 2 aromatic rings. The second-order valence-electron chi connectivity index (χ2n) is 6.13. The highest BCUT2D eigenvalue weighted by Gasteiger charge is 2.30. The van der Waals surface area contributed by atoms with Crippen molar-refractivity contribution in [1.29, 1.82) is 0 Å². The molecule has 1 atom stereocenters. The van der Waals surface area contributed by atoms with Crippen LogP contribution in [0.2, 0.25) is 0 Å². The molecule has 1 aliphatic carbocycles. The summed E-state index contributed by atoms with van der Waals surface area (Å²) in [6.45, 7) is 0.357. The zero-order valence-electron chi connectivity index (χ0n) is 13.6. The number of rotatable bonds is 7. The van der Waals surface area contributed by atoms with E-state index >= 15 is 0 Å². The fourth-order valence-electron chi connectivity index (χ4n) is 2.89. The molecule has 7 heteroatoms. The third kappa shape index (κ3) is 3.41. The first-order chi connectivity index (χ1) is 11.5. The Morgan fingerprint density at radius 1 is 1.50 bits per heavy atom. The van der Waals surface area contributed by atoms with E-state index < -0.39 is 17.8 Å². The zero-order valence-corrected chi connectivity index (χ0v) is 13.6. The van der Waals surface area contributed by atoms with Crippen LogP contribution in [0.15, 0.2) is 24.3 Å². The summed E-state index contributed by atoms with van der Waals surface area (Å²) < 4.78 is 18.8. The van der Waals surface area contributed by atoms with Crippen molar-refractivity contribution in [3.05, 3.63) is 47.0 Å². The molecule has 1 heterocycles. The van der Waals surface area contributed by atoms with E-state index in [0.717, 1.165) is 24.2 Å². The standard InChI is InChI=1S/C17H20FN3O3/c1-21(9-12-8-14(20-19-12)10-3-4-10)16(17(22)23)13-7-11(18)5-6-15(13)24-2/h5-8,10,16H,3-4,9H2,1-2H3,(H,19,20)(H,22,23). The van der Waals surface area contributed by atoms with Crippen LogP contribution in [0.4, 0.5) is 4.39 Å². The Kier molecular flexibility index (Phi) is 4.53. The van der Waals surface area contributed by atoms with Crippen LogP contribution in [0.5, 0.6) is 5.75 Å². The fourth-order valence-corrected chi connectivity index (χ4v) is 2.89. The highest BCUT2D eigenvalue weighted by molar-refractivity contribution is 5.76. The molecule has 1 saturated carbocycles. The van der Waals surface area contributed by atoms with Crippen LogP contribution in [0.1, 0.15) is 41.8 Å². The van der Waals surface area contributed by atoms with Gasteiger partial charge < -0.3 is 9.84 Å². The van der Waals surface area contributed by atoms with Crippen molar-refractivity contribution in [2.45, 2.75) is 31.3 Å². The van der Waals surface area contributed by atoms with Gasteiger partial charge in [0.15, 0.2) is 0 Å². The van der Waals surface area contributed by atoms with Gasteiger partial charge in [-0.25, -0.2) is 4.39 Å². The van der Waals surface area contributed by atoms with Gasteiger partial charge in [0.2, 0.25) is 0 Å². The number of carboxylic acids is 1. The summed E-state index contributed by atoms with van der Waals surface area (Å²) in [4.78, 5) is 13.4. The van der Waals surface area contributed by atoms with Crippen LogP contribution >= 0.6 is 0 Å². The number of benzene rings is 1. The fraction of sp³-hybridized carbons (Fsp3) is 0.412. The Morgan fingerprint density at radius 3 is 2.88 bits per heavy atom. The molecule has 1 aromatic carbocycles. The number of aromatic amines is 1. The van der Waals surface area contributed by atoms with Crippen molar-refractivity contribution < 1.29 is 19.0 Å². The third-order valence-electron chi connectivity index (χ3n) is 4.23. The molecule has 0 spiro atoms. The molecule has 1 aliphatic rings. The number of H-pyrrole nitrogens is 1. The number of nitrogens with one attached hydrogen (secondary N) is 1. The minimum Gasteiger partial charge on any atom is -0.496 e. The number of hydrogen-bond donors (Lipinski definition) is 2. The lowest BCUT2D eigenvalue weighted by molar-refractivity contribution is -0.143. The SMILES string of the molecule is COc1ccc(F)cc1C(C(=O)O)N(C)Cc1cc(C2CC2)n[nH]1. The molecule has 0 saturated heterocycles. The van der Waals surface area contributed by atoms with Gasteiger partial charge in [-0.15, -0.1) is 0 Å². The van der Waals surface area contributed by atoms with Crippen LogP contribution in [0, 0.1) is 5.82 Å². The number of carbonyl (C=O) groups is 1. The van der Waals surface area contributed by atoms with Crippen molar-refractivity contribution in [3.63, 3.8) is 0 Å². The summed E-state index contributed by atoms with van der Waals surface area (Å²) in [5.41, 5.74) is 2.14. The van der Waals surface area contributed by atoms with E-state index in [4.69, 9.17) is 4.74 Å². The molecule has 24 heavy (non-hydrogen) atoms. The molecule has 1 unspecified atom stereocenters. The first-order valence-electron chi connectivity index (χ1n) is 7.80. The van der Waals surface area contributed by atoms with E-state index in [-0.39, 0.29) is 5.56 Å². The Morgan fingerprint density at radius 2 is 2.25 bits per heavy atom. The van der Waals surface area contributed by atoms with E-state index in [0.29, 0.717) is 18.2 Å².